The third-order valence-electron chi connectivity index (χ3n) is 2.21. The molecule has 4 nitrogen and oxygen atoms in total. The number of carbonyl (C=O) groups excluding carboxylic acids is 1. The molecule has 1 aromatic rings. The van der Waals surface area contributed by atoms with Gasteiger partial charge in [-0.2, -0.15) is 5.26 Å². The molecule has 1 amide bonds. The summed E-state index contributed by atoms with van der Waals surface area (Å²) in [7, 11) is 0. The zero-order chi connectivity index (χ0) is 12.8. The van der Waals surface area contributed by atoms with Crippen molar-refractivity contribution in [2.24, 2.45) is 0 Å². The third kappa shape index (κ3) is 3.58. The summed E-state index contributed by atoms with van der Waals surface area (Å²) in [6, 6.07) is 3.43. The largest absolute Gasteiger partial charge is 0.338 e. The first-order valence-corrected chi connectivity index (χ1v) is 5.83. The molecule has 0 fully saturated rings. The van der Waals surface area contributed by atoms with Crippen LogP contribution < -0.4 is 0 Å². The van der Waals surface area contributed by atoms with E-state index in [0.717, 1.165) is 0 Å². The maximum atomic E-state index is 12.1. The minimum atomic E-state index is -0.239. The van der Waals surface area contributed by atoms with E-state index in [2.05, 4.69) is 4.98 Å². The fraction of sp³-hybridized carbons (Fsp3) is 0.364. The van der Waals surface area contributed by atoms with Gasteiger partial charge in [0.15, 0.2) is 0 Å². The summed E-state index contributed by atoms with van der Waals surface area (Å²) in [4.78, 5) is 17.4. The SMILES string of the molecule is CCN(CCC#N)C(=O)c1cc(Cl)ncc1Cl. The molecule has 1 heterocycles. The van der Waals surface area contributed by atoms with Crippen molar-refractivity contribution in [2.45, 2.75) is 13.3 Å². The molecular weight excluding hydrogens is 261 g/mol. The van der Waals surface area contributed by atoms with Gasteiger partial charge >= 0.3 is 0 Å². The van der Waals surface area contributed by atoms with Crippen LogP contribution in [0.3, 0.4) is 0 Å². The van der Waals surface area contributed by atoms with E-state index in [1.54, 1.807) is 4.90 Å². The highest BCUT2D eigenvalue weighted by atomic mass is 35.5. The minimum Gasteiger partial charge on any atom is -0.338 e. The van der Waals surface area contributed by atoms with Crippen molar-refractivity contribution in [3.8, 4) is 6.07 Å². The van der Waals surface area contributed by atoms with Crippen LogP contribution in [0.1, 0.15) is 23.7 Å². The molecule has 1 aromatic heterocycles. The van der Waals surface area contributed by atoms with E-state index in [4.69, 9.17) is 28.5 Å². The number of pyridine rings is 1. The zero-order valence-electron chi connectivity index (χ0n) is 9.28. The fourth-order valence-corrected chi connectivity index (χ4v) is 1.68. The summed E-state index contributed by atoms with van der Waals surface area (Å²) in [6.45, 7) is 2.73. The first kappa shape index (κ1) is 13.8. The van der Waals surface area contributed by atoms with E-state index in [-0.39, 0.29) is 22.5 Å². The van der Waals surface area contributed by atoms with Crippen LogP contribution in [-0.2, 0) is 0 Å². The third-order valence-corrected chi connectivity index (χ3v) is 2.72. The van der Waals surface area contributed by atoms with E-state index in [1.165, 1.54) is 12.3 Å². The van der Waals surface area contributed by atoms with Gasteiger partial charge in [-0.3, -0.25) is 4.79 Å². The molecule has 0 unspecified atom stereocenters. The maximum absolute atomic E-state index is 12.1. The summed E-state index contributed by atoms with van der Waals surface area (Å²) in [5, 5.41) is 8.99. The molecule has 0 aromatic carbocycles. The first-order valence-electron chi connectivity index (χ1n) is 5.07. The van der Waals surface area contributed by atoms with Gasteiger partial charge in [-0.05, 0) is 13.0 Å². The number of amides is 1. The summed E-state index contributed by atoms with van der Waals surface area (Å²) < 4.78 is 0. The van der Waals surface area contributed by atoms with Crippen molar-refractivity contribution in [3.05, 3.63) is 28.0 Å². The predicted octanol–water partition coefficient (Wildman–Crippen LogP) is 2.76. The Bertz CT molecular complexity index is 457. The monoisotopic (exact) mass is 271 g/mol. The second-order valence-corrected chi connectivity index (χ2v) is 4.07. The van der Waals surface area contributed by atoms with Crippen molar-refractivity contribution >= 4 is 29.1 Å². The predicted molar refractivity (Wildman–Crippen MR) is 66.1 cm³/mol. The summed E-state index contributed by atoms with van der Waals surface area (Å²) in [5.74, 6) is -0.239. The average molecular weight is 272 g/mol. The van der Waals surface area contributed by atoms with Crippen LogP contribution in [0.25, 0.3) is 0 Å². The number of nitriles is 1. The van der Waals surface area contributed by atoms with Crippen LogP contribution in [0.4, 0.5) is 0 Å². The van der Waals surface area contributed by atoms with Crippen molar-refractivity contribution in [2.75, 3.05) is 13.1 Å². The maximum Gasteiger partial charge on any atom is 0.255 e. The molecule has 0 bridgehead atoms. The minimum absolute atomic E-state index is 0.217. The molecule has 0 aliphatic carbocycles. The number of aromatic nitrogens is 1. The highest BCUT2D eigenvalue weighted by Crippen LogP contribution is 2.19. The van der Waals surface area contributed by atoms with Crippen LogP contribution in [0.15, 0.2) is 12.3 Å². The van der Waals surface area contributed by atoms with E-state index in [1.807, 2.05) is 13.0 Å². The second kappa shape index (κ2) is 6.43. The Labute approximate surface area is 110 Å². The van der Waals surface area contributed by atoms with Crippen LogP contribution >= 0.6 is 23.2 Å². The lowest BCUT2D eigenvalue weighted by molar-refractivity contribution is 0.0768. The van der Waals surface area contributed by atoms with E-state index >= 15 is 0 Å². The molecule has 0 aliphatic rings. The van der Waals surface area contributed by atoms with Crippen molar-refractivity contribution in [1.82, 2.24) is 9.88 Å². The molecular formula is C11H11Cl2N3O. The van der Waals surface area contributed by atoms with Gasteiger partial charge in [-0.25, -0.2) is 4.98 Å². The zero-order valence-corrected chi connectivity index (χ0v) is 10.8. The number of carbonyl (C=O) groups is 1. The number of hydrogen-bond donors (Lipinski definition) is 0. The quantitative estimate of drug-likeness (QED) is 0.792. The molecule has 6 heteroatoms. The number of rotatable bonds is 4. The Balaban J connectivity index is 2.94. The molecule has 1 rings (SSSR count). The lowest BCUT2D eigenvalue weighted by Crippen LogP contribution is -2.31. The van der Waals surface area contributed by atoms with E-state index in [0.29, 0.717) is 18.7 Å². The Morgan fingerprint density at radius 1 is 1.59 bits per heavy atom. The number of hydrogen-bond acceptors (Lipinski definition) is 3. The Morgan fingerprint density at radius 2 is 2.29 bits per heavy atom. The molecule has 0 atom stereocenters. The first-order chi connectivity index (χ1) is 8.10. The normalized spacial score (nSPS) is 9.76. The van der Waals surface area contributed by atoms with E-state index < -0.39 is 0 Å². The highest BCUT2D eigenvalue weighted by molar-refractivity contribution is 6.35. The highest BCUT2D eigenvalue weighted by Gasteiger charge is 2.17. The average Bonchev–Trinajstić information content (AvgIpc) is 2.33. The lowest BCUT2D eigenvalue weighted by Gasteiger charge is -2.20. The van der Waals surface area contributed by atoms with Crippen LogP contribution in [0.2, 0.25) is 10.2 Å². The molecule has 0 aliphatic heterocycles. The van der Waals surface area contributed by atoms with Crippen LogP contribution in [0.5, 0.6) is 0 Å². The van der Waals surface area contributed by atoms with Crippen molar-refractivity contribution < 1.29 is 4.79 Å². The molecule has 0 saturated heterocycles. The topological polar surface area (TPSA) is 57.0 Å². The molecule has 90 valence electrons. The second-order valence-electron chi connectivity index (χ2n) is 3.28. The van der Waals surface area contributed by atoms with Gasteiger partial charge in [0, 0.05) is 19.3 Å². The van der Waals surface area contributed by atoms with Gasteiger partial charge < -0.3 is 4.90 Å². The summed E-state index contributed by atoms with van der Waals surface area (Å²) in [5.41, 5.74) is 0.312. The summed E-state index contributed by atoms with van der Waals surface area (Å²) >= 11 is 11.6. The van der Waals surface area contributed by atoms with E-state index in [9.17, 15) is 4.79 Å². The van der Waals surface area contributed by atoms with Gasteiger partial charge in [0.25, 0.3) is 5.91 Å². The standard InChI is InChI=1S/C11H11Cl2N3O/c1-2-16(5-3-4-14)11(17)8-6-10(13)15-7-9(8)12/h6-7H,2-3,5H2,1H3. The van der Waals surface area contributed by atoms with Gasteiger partial charge in [0.05, 0.1) is 23.1 Å². The van der Waals surface area contributed by atoms with Crippen LogP contribution in [0, 0.1) is 11.3 Å². The summed E-state index contributed by atoms with van der Waals surface area (Å²) in [6.07, 6.45) is 1.63. The molecule has 0 radical (unpaired) electrons. The van der Waals surface area contributed by atoms with Gasteiger partial charge in [-0.15, -0.1) is 0 Å². The molecule has 17 heavy (non-hydrogen) atoms. The molecule has 0 saturated carbocycles. The number of halogens is 2. The smallest absolute Gasteiger partial charge is 0.255 e. The Hall–Kier alpha value is -1.31. The molecule has 0 N–H and O–H groups in total. The molecule has 0 spiro atoms. The lowest BCUT2D eigenvalue weighted by atomic mass is 10.2. The fourth-order valence-electron chi connectivity index (χ4n) is 1.34. The Morgan fingerprint density at radius 3 is 2.88 bits per heavy atom. The number of nitrogens with zero attached hydrogens (tertiary/aromatic N) is 3. The van der Waals surface area contributed by atoms with Crippen LogP contribution in [-0.4, -0.2) is 28.9 Å². The van der Waals surface area contributed by atoms with Gasteiger partial charge in [-0.1, -0.05) is 23.2 Å². The van der Waals surface area contributed by atoms with Crippen molar-refractivity contribution in [1.29, 1.82) is 5.26 Å². The van der Waals surface area contributed by atoms with Gasteiger partial charge in [0.2, 0.25) is 0 Å². The Kier molecular flexibility index (Phi) is 5.20. The van der Waals surface area contributed by atoms with Crippen molar-refractivity contribution in [3.63, 3.8) is 0 Å². The van der Waals surface area contributed by atoms with Gasteiger partial charge in [0.1, 0.15) is 5.15 Å².